The summed E-state index contributed by atoms with van der Waals surface area (Å²) in [5.41, 5.74) is -0.969. The Labute approximate surface area is 175 Å². The highest BCUT2D eigenvalue weighted by molar-refractivity contribution is 7.92. The second kappa shape index (κ2) is 6.54. The van der Waals surface area contributed by atoms with Crippen LogP contribution in [0.3, 0.4) is 0 Å². The quantitative estimate of drug-likeness (QED) is 0.530. The lowest BCUT2D eigenvalue weighted by Crippen LogP contribution is -2.56. The standard InChI is InChI=1S/C21H25NO7S/c1-20(2)9-14(23)18-15(10-20)29-21(3)16(22(24)25)11-30(26,27)19(21)17(18)12-5-7-13(28-4)8-6-12/h5-8,16-17,19H,9-11H2,1-4H3. The van der Waals surface area contributed by atoms with Crippen LogP contribution in [0.4, 0.5) is 0 Å². The molecule has 3 aliphatic rings. The van der Waals surface area contributed by atoms with Gasteiger partial charge in [0.05, 0.1) is 7.11 Å². The number of methoxy groups -OCH3 is 1. The lowest BCUT2D eigenvalue weighted by molar-refractivity contribution is -0.537. The predicted molar refractivity (Wildman–Crippen MR) is 109 cm³/mol. The van der Waals surface area contributed by atoms with Gasteiger partial charge < -0.3 is 9.47 Å². The van der Waals surface area contributed by atoms with Crippen molar-refractivity contribution in [2.24, 2.45) is 5.41 Å². The van der Waals surface area contributed by atoms with Crippen molar-refractivity contribution >= 4 is 15.6 Å². The third-order valence-electron chi connectivity index (χ3n) is 6.57. The van der Waals surface area contributed by atoms with Gasteiger partial charge in [0.1, 0.15) is 22.5 Å². The highest BCUT2D eigenvalue weighted by Gasteiger charge is 2.70. The summed E-state index contributed by atoms with van der Waals surface area (Å²) < 4.78 is 37.7. The molecule has 0 radical (unpaired) electrons. The number of ether oxygens (including phenoxy) is 2. The zero-order valence-electron chi connectivity index (χ0n) is 17.4. The van der Waals surface area contributed by atoms with Gasteiger partial charge in [0, 0.05) is 29.3 Å². The van der Waals surface area contributed by atoms with Gasteiger partial charge in [0.25, 0.3) is 6.04 Å². The average Bonchev–Trinajstić information content (AvgIpc) is 2.85. The van der Waals surface area contributed by atoms with Crippen LogP contribution in [-0.2, 0) is 19.4 Å². The van der Waals surface area contributed by atoms with E-state index in [9.17, 15) is 23.3 Å². The number of carbonyl (C=O) groups is 1. The van der Waals surface area contributed by atoms with E-state index >= 15 is 0 Å². The van der Waals surface area contributed by atoms with Crippen molar-refractivity contribution < 1.29 is 27.6 Å². The number of carbonyl (C=O) groups excluding carboxylic acids is 1. The topological polar surface area (TPSA) is 113 Å². The fraction of sp³-hybridized carbons (Fsp3) is 0.571. The maximum Gasteiger partial charge on any atom is 0.266 e. The van der Waals surface area contributed by atoms with Gasteiger partial charge in [-0.1, -0.05) is 26.0 Å². The highest BCUT2D eigenvalue weighted by Crippen LogP contribution is 2.55. The molecule has 1 saturated heterocycles. The van der Waals surface area contributed by atoms with E-state index in [1.54, 1.807) is 24.3 Å². The molecule has 2 aliphatic heterocycles. The Bertz CT molecular complexity index is 1060. The van der Waals surface area contributed by atoms with Crippen LogP contribution in [0, 0.1) is 15.5 Å². The fourth-order valence-electron chi connectivity index (χ4n) is 5.26. The summed E-state index contributed by atoms with van der Waals surface area (Å²) in [5, 5.41) is 10.6. The summed E-state index contributed by atoms with van der Waals surface area (Å²) in [4.78, 5) is 24.4. The molecule has 0 saturated carbocycles. The molecule has 0 amide bonds. The predicted octanol–water partition coefficient (Wildman–Crippen LogP) is 2.65. The number of hydrogen-bond acceptors (Lipinski definition) is 7. The van der Waals surface area contributed by atoms with E-state index in [2.05, 4.69) is 0 Å². The van der Waals surface area contributed by atoms with E-state index in [0.29, 0.717) is 29.1 Å². The average molecular weight is 435 g/mol. The zero-order chi connectivity index (χ0) is 22.1. The van der Waals surface area contributed by atoms with Gasteiger partial charge in [-0.3, -0.25) is 14.9 Å². The Hall–Kier alpha value is -2.42. The van der Waals surface area contributed by atoms with Crippen LogP contribution in [0.5, 0.6) is 5.75 Å². The summed E-state index contributed by atoms with van der Waals surface area (Å²) >= 11 is 0. The second-order valence-corrected chi connectivity index (χ2v) is 11.5. The SMILES string of the molecule is COc1ccc(C2C3=C(CC(C)(C)CC3=O)OC3(C)C([N+](=O)[O-])CS(=O)(=O)C23)cc1. The summed E-state index contributed by atoms with van der Waals surface area (Å²) in [7, 11) is -2.38. The van der Waals surface area contributed by atoms with Crippen LogP contribution in [0.2, 0.25) is 0 Å². The van der Waals surface area contributed by atoms with Crippen molar-refractivity contribution in [3.63, 3.8) is 0 Å². The minimum absolute atomic E-state index is 0.163. The molecule has 1 aromatic carbocycles. The molecule has 8 nitrogen and oxygen atoms in total. The monoisotopic (exact) mass is 435 g/mol. The van der Waals surface area contributed by atoms with E-state index in [-0.39, 0.29) is 17.6 Å². The Morgan fingerprint density at radius 1 is 1.17 bits per heavy atom. The number of allylic oxidation sites excluding steroid dienone is 2. The summed E-state index contributed by atoms with van der Waals surface area (Å²) in [5.74, 6) is -0.602. The van der Waals surface area contributed by atoms with E-state index in [1.807, 2.05) is 13.8 Å². The number of ketones is 1. The smallest absolute Gasteiger partial charge is 0.266 e. The molecule has 1 fully saturated rings. The Morgan fingerprint density at radius 2 is 1.80 bits per heavy atom. The molecule has 4 atom stereocenters. The maximum absolute atomic E-state index is 13.2. The summed E-state index contributed by atoms with van der Waals surface area (Å²) in [6.07, 6.45) is 0.692. The molecule has 0 bridgehead atoms. The van der Waals surface area contributed by atoms with Gasteiger partial charge in [-0.05, 0) is 30.0 Å². The number of nitro groups is 1. The number of Topliss-reactive ketones (excluding diaryl/α,β-unsaturated/α-hetero) is 1. The normalized spacial score (nSPS) is 34.0. The molecule has 1 aliphatic carbocycles. The van der Waals surface area contributed by atoms with Crippen LogP contribution < -0.4 is 4.74 Å². The van der Waals surface area contributed by atoms with E-state index in [0.717, 1.165) is 0 Å². The van der Waals surface area contributed by atoms with Gasteiger partial charge in [0.15, 0.2) is 21.2 Å². The number of benzene rings is 1. The summed E-state index contributed by atoms with van der Waals surface area (Å²) in [6, 6.07) is 5.45. The molecule has 0 N–H and O–H groups in total. The Balaban J connectivity index is 1.97. The van der Waals surface area contributed by atoms with Gasteiger partial charge in [-0.15, -0.1) is 0 Å². The van der Waals surface area contributed by atoms with Gasteiger partial charge in [0.2, 0.25) is 0 Å². The number of nitrogens with zero attached hydrogens (tertiary/aromatic N) is 1. The molecule has 30 heavy (non-hydrogen) atoms. The molecule has 0 aromatic heterocycles. The number of sulfone groups is 1. The lowest BCUT2D eigenvalue weighted by atomic mass is 9.68. The van der Waals surface area contributed by atoms with Crippen LogP contribution >= 0.6 is 0 Å². The van der Waals surface area contributed by atoms with Crippen LogP contribution in [0.25, 0.3) is 0 Å². The number of fused-ring (bicyclic) bond motifs is 1. The third kappa shape index (κ3) is 3.02. The van der Waals surface area contributed by atoms with Gasteiger partial charge in [-0.2, -0.15) is 0 Å². The second-order valence-electron chi connectivity index (χ2n) is 9.37. The molecule has 9 heteroatoms. The molecular weight excluding hydrogens is 410 g/mol. The Kier molecular flexibility index (Phi) is 4.54. The zero-order valence-corrected chi connectivity index (χ0v) is 18.2. The minimum atomic E-state index is -3.90. The molecular formula is C21H25NO7S. The Morgan fingerprint density at radius 3 is 2.37 bits per heavy atom. The van der Waals surface area contributed by atoms with Crippen molar-refractivity contribution in [2.75, 3.05) is 12.9 Å². The van der Waals surface area contributed by atoms with Gasteiger partial charge in [-0.25, -0.2) is 8.42 Å². The van der Waals surface area contributed by atoms with Crippen molar-refractivity contribution in [3.05, 3.63) is 51.3 Å². The minimum Gasteiger partial charge on any atom is -0.497 e. The van der Waals surface area contributed by atoms with Crippen LogP contribution in [0.1, 0.15) is 45.1 Å². The first-order valence-corrected chi connectivity index (χ1v) is 11.6. The molecule has 4 rings (SSSR count). The largest absolute Gasteiger partial charge is 0.497 e. The highest BCUT2D eigenvalue weighted by atomic mass is 32.2. The third-order valence-corrected chi connectivity index (χ3v) is 8.86. The molecule has 4 unspecified atom stereocenters. The summed E-state index contributed by atoms with van der Waals surface area (Å²) in [6.45, 7) is 5.37. The van der Waals surface area contributed by atoms with Crippen LogP contribution in [-0.4, -0.2) is 48.9 Å². The van der Waals surface area contributed by atoms with Crippen LogP contribution in [0.15, 0.2) is 35.6 Å². The molecule has 0 spiro atoms. The first kappa shape index (κ1) is 20.8. The molecule has 162 valence electrons. The van der Waals surface area contributed by atoms with Crippen molar-refractivity contribution in [2.45, 2.75) is 56.4 Å². The van der Waals surface area contributed by atoms with E-state index in [4.69, 9.17) is 9.47 Å². The number of rotatable bonds is 3. The van der Waals surface area contributed by atoms with E-state index in [1.165, 1.54) is 14.0 Å². The first-order valence-electron chi connectivity index (χ1n) is 9.84. The maximum atomic E-state index is 13.2. The van der Waals surface area contributed by atoms with Crippen molar-refractivity contribution in [3.8, 4) is 5.75 Å². The fourth-order valence-corrected chi connectivity index (χ4v) is 7.98. The number of hydrogen-bond donors (Lipinski definition) is 0. The lowest BCUT2D eigenvalue weighted by Gasteiger charge is -2.46. The van der Waals surface area contributed by atoms with Crippen molar-refractivity contribution in [1.82, 2.24) is 0 Å². The molecule has 1 aromatic rings. The first-order chi connectivity index (χ1) is 13.9. The van der Waals surface area contributed by atoms with E-state index < -0.39 is 43.3 Å². The van der Waals surface area contributed by atoms with Gasteiger partial charge >= 0.3 is 0 Å². The van der Waals surface area contributed by atoms with Crippen molar-refractivity contribution in [1.29, 1.82) is 0 Å². The molecule has 2 heterocycles.